The quantitative estimate of drug-likeness (QED) is 0.402. The van der Waals surface area contributed by atoms with Crippen molar-refractivity contribution in [2.75, 3.05) is 33.5 Å². The molecule has 1 fully saturated rings. The summed E-state index contributed by atoms with van der Waals surface area (Å²) in [4.78, 5) is 2.48. The SMILES string of the molecule is CCO[Si](CCCOC1CC(C)(C)N(C)C(C)(C)C1)(OCC)OCC. The molecule has 1 aliphatic heterocycles. The molecule has 150 valence electrons. The summed E-state index contributed by atoms with van der Waals surface area (Å²) in [6.07, 6.45) is 3.36. The fraction of sp³-hybridized carbons (Fsp3) is 1.00. The van der Waals surface area contributed by atoms with Crippen LogP contribution in [0, 0.1) is 0 Å². The molecule has 0 spiro atoms. The fourth-order valence-electron chi connectivity index (χ4n) is 3.94. The smallest absolute Gasteiger partial charge is 0.378 e. The molecule has 0 radical (unpaired) electrons. The monoisotopic (exact) mass is 375 g/mol. The van der Waals surface area contributed by atoms with Gasteiger partial charge in [-0.15, -0.1) is 0 Å². The van der Waals surface area contributed by atoms with Crippen LogP contribution in [0.1, 0.15) is 67.7 Å². The van der Waals surface area contributed by atoms with E-state index in [1.165, 1.54) is 0 Å². The number of hydrogen-bond acceptors (Lipinski definition) is 5. The third-order valence-corrected chi connectivity index (χ3v) is 8.50. The molecule has 0 atom stereocenters. The molecule has 0 aromatic rings. The van der Waals surface area contributed by atoms with Crippen molar-refractivity contribution < 1.29 is 18.0 Å². The lowest BCUT2D eigenvalue weighted by atomic mass is 9.79. The molecule has 0 N–H and O–H groups in total. The predicted octanol–water partition coefficient (Wildman–Crippen LogP) is 4.09. The van der Waals surface area contributed by atoms with E-state index in [0.717, 1.165) is 31.9 Å². The Hall–Kier alpha value is 0.0169. The number of piperidine rings is 1. The first-order valence-electron chi connectivity index (χ1n) is 9.90. The number of likely N-dealkylation sites (tertiary alicyclic amines) is 1. The second kappa shape index (κ2) is 9.81. The van der Waals surface area contributed by atoms with Crippen LogP contribution in [-0.2, 0) is 18.0 Å². The normalized spacial score (nSPS) is 21.6. The third-order valence-electron chi connectivity index (χ3n) is 5.34. The van der Waals surface area contributed by atoms with Crippen molar-refractivity contribution in [2.24, 2.45) is 0 Å². The number of hydrogen-bond donors (Lipinski definition) is 0. The summed E-state index contributed by atoms with van der Waals surface area (Å²) < 4.78 is 24.0. The zero-order valence-electron chi connectivity index (χ0n) is 17.8. The molecule has 0 aromatic heterocycles. The standard InChI is InChI=1S/C19H41NO4Si/c1-9-22-25(23-10-2,24-11-3)14-12-13-21-17-15-18(4,5)20(8)19(6,7)16-17/h17H,9-16H2,1-8H3. The third kappa shape index (κ3) is 6.59. The van der Waals surface area contributed by atoms with Gasteiger partial charge < -0.3 is 18.0 Å². The summed E-state index contributed by atoms with van der Waals surface area (Å²) in [7, 11) is -0.313. The van der Waals surface area contributed by atoms with Crippen LogP contribution < -0.4 is 0 Å². The minimum atomic E-state index is -2.54. The Labute approximate surface area is 156 Å². The topological polar surface area (TPSA) is 40.2 Å². The van der Waals surface area contributed by atoms with Gasteiger partial charge in [-0.1, -0.05) is 0 Å². The molecule has 6 heteroatoms. The van der Waals surface area contributed by atoms with E-state index in [9.17, 15) is 0 Å². The summed E-state index contributed by atoms with van der Waals surface area (Å²) in [5.41, 5.74) is 0.319. The highest BCUT2D eigenvalue weighted by atomic mass is 28.4. The van der Waals surface area contributed by atoms with Gasteiger partial charge in [0.25, 0.3) is 0 Å². The predicted molar refractivity (Wildman–Crippen MR) is 105 cm³/mol. The molecule has 25 heavy (non-hydrogen) atoms. The highest BCUT2D eigenvalue weighted by molar-refractivity contribution is 6.60. The summed E-state index contributed by atoms with van der Waals surface area (Å²) in [6.45, 7) is 17.9. The second-order valence-electron chi connectivity index (χ2n) is 8.17. The van der Waals surface area contributed by atoms with Gasteiger partial charge in [-0.3, -0.25) is 4.90 Å². The van der Waals surface area contributed by atoms with Crippen LogP contribution in [0.25, 0.3) is 0 Å². The fourth-order valence-corrected chi connectivity index (χ4v) is 6.52. The van der Waals surface area contributed by atoms with Crippen molar-refractivity contribution in [1.29, 1.82) is 0 Å². The van der Waals surface area contributed by atoms with Crippen molar-refractivity contribution in [1.82, 2.24) is 4.90 Å². The summed E-state index contributed by atoms with van der Waals surface area (Å²) in [6, 6.07) is 0.821. The van der Waals surface area contributed by atoms with Gasteiger partial charge in [0.2, 0.25) is 0 Å². The van der Waals surface area contributed by atoms with Crippen molar-refractivity contribution in [3.63, 3.8) is 0 Å². The first-order valence-corrected chi connectivity index (χ1v) is 11.8. The van der Waals surface area contributed by atoms with Gasteiger partial charge in [-0.05, 0) is 74.8 Å². The van der Waals surface area contributed by atoms with Gasteiger partial charge in [-0.25, -0.2) is 0 Å². The summed E-state index contributed by atoms with van der Waals surface area (Å²) >= 11 is 0. The van der Waals surface area contributed by atoms with E-state index in [-0.39, 0.29) is 11.1 Å². The highest BCUT2D eigenvalue weighted by Gasteiger charge is 2.44. The minimum absolute atomic E-state index is 0.160. The molecular formula is C19H41NO4Si. The number of ether oxygens (including phenoxy) is 1. The van der Waals surface area contributed by atoms with E-state index < -0.39 is 8.80 Å². The molecule has 0 unspecified atom stereocenters. The second-order valence-corrected chi connectivity index (χ2v) is 10.9. The van der Waals surface area contributed by atoms with Gasteiger partial charge in [-0.2, -0.15) is 0 Å². The Morgan fingerprint density at radius 2 is 1.32 bits per heavy atom. The lowest BCUT2D eigenvalue weighted by Gasteiger charge is -2.53. The van der Waals surface area contributed by atoms with Crippen molar-refractivity contribution >= 4 is 8.80 Å². The van der Waals surface area contributed by atoms with Crippen molar-refractivity contribution in [3.05, 3.63) is 0 Å². The first-order chi connectivity index (χ1) is 11.6. The number of nitrogens with zero attached hydrogens (tertiary/aromatic N) is 1. The summed E-state index contributed by atoms with van der Waals surface area (Å²) in [5.74, 6) is 0. The van der Waals surface area contributed by atoms with E-state index in [2.05, 4.69) is 39.6 Å². The van der Waals surface area contributed by atoms with Gasteiger partial charge >= 0.3 is 8.80 Å². The molecule has 0 aliphatic carbocycles. The average molecular weight is 376 g/mol. The van der Waals surface area contributed by atoms with Crippen LogP contribution in [-0.4, -0.2) is 64.4 Å². The van der Waals surface area contributed by atoms with Gasteiger partial charge in [0, 0.05) is 43.5 Å². The minimum Gasteiger partial charge on any atom is -0.378 e. The van der Waals surface area contributed by atoms with Gasteiger partial charge in [0.15, 0.2) is 0 Å². The van der Waals surface area contributed by atoms with Crippen LogP contribution in [0.4, 0.5) is 0 Å². The zero-order chi connectivity index (χ0) is 19.1. The van der Waals surface area contributed by atoms with E-state index in [1.54, 1.807) is 0 Å². The van der Waals surface area contributed by atoms with Crippen LogP contribution in [0.2, 0.25) is 6.04 Å². The van der Waals surface area contributed by atoms with Crippen molar-refractivity contribution in [3.8, 4) is 0 Å². The maximum Gasteiger partial charge on any atom is 0.501 e. The molecule has 1 heterocycles. The summed E-state index contributed by atoms with van der Waals surface area (Å²) in [5, 5.41) is 0. The Morgan fingerprint density at radius 1 is 0.880 bits per heavy atom. The maximum atomic E-state index is 6.26. The van der Waals surface area contributed by atoms with E-state index in [0.29, 0.717) is 25.9 Å². The van der Waals surface area contributed by atoms with E-state index >= 15 is 0 Å². The molecule has 0 saturated carbocycles. The first kappa shape index (κ1) is 23.1. The van der Waals surface area contributed by atoms with Crippen LogP contribution in [0.5, 0.6) is 0 Å². The molecule has 0 bridgehead atoms. The van der Waals surface area contributed by atoms with Crippen LogP contribution in [0.15, 0.2) is 0 Å². The van der Waals surface area contributed by atoms with Crippen LogP contribution in [0.3, 0.4) is 0 Å². The van der Waals surface area contributed by atoms with Crippen molar-refractivity contribution in [2.45, 2.75) is 91.0 Å². The molecule has 0 amide bonds. The molecule has 1 aliphatic rings. The molecule has 1 saturated heterocycles. The van der Waals surface area contributed by atoms with E-state index in [4.69, 9.17) is 18.0 Å². The highest BCUT2D eigenvalue weighted by Crippen LogP contribution is 2.38. The number of rotatable bonds is 11. The van der Waals surface area contributed by atoms with Crippen LogP contribution >= 0.6 is 0 Å². The van der Waals surface area contributed by atoms with E-state index in [1.807, 2.05) is 20.8 Å². The molecular weight excluding hydrogens is 334 g/mol. The lowest BCUT2D eigenvalue weighted by Crippen LogP contribution is -2.60. The van der Waals surface area contributed by atoms with Gasteiger partial charge in [0.05, 0.1) is 6.10 Å². The Morgan fingerprint density at radius 3 is 1.72 bits per heavy atom. The molecule has 5 nitrogen and oxygen atoms in total. The zero-order valence-corrected chi connectivity index (χ0v) is 18.8. The van der Waals surface area contributed by atoms with Gasteiger partial charge in [0.1, 0.15) is 0 Å². The molecule has 1 rings (SSSR count). The largest absolute Gasteiger partial charge is 0.501 e. The Bertz CT molecular complexity index is 355. The average Bonchev–Trinajstić information content (AvgIpc) is 2.49. The Kier molecular flexibility index (Phi) is 9.05. The lowest BCUT2D eigenvalue weighted by molar-refractivity contribution is -0.0916. The maximum absolute atomic E-state index is 6.26. The Balaban J connectivity index is 2.52. The molecule has 0 aromatic carbocycles.